The van der Waals surface area contributed by atoms with Crippen LogP contribution in [0.2, 0.25) is 0 Å². The monoisotopic (exact) mass is 339 g/mol. The van der Waals surface area contributed by atoms with Gasteiger partial charge >= 0.3 is 10.4 Å². The molecule has 9 nitrogen and oxygen atoms in total. The quantitative estimate of drug-likeness (QED) is 0.360. The van der Waals surface area contributed by atoms with Crippen LogP contribution in [0.25, 0.3) is 0 Å². The van der Waals surface area contributed by atoms with Gasteiger partial charge in [0.2, 0.25) is 0 Å². The molecule has 1 aromatic rings. The number of phenolic OH excluding ortho intramolecular Hbond substituents is 2. The number of hydrogen-bond acceptors (Lipinski definition) is 7. The van der Waals surface area contributed by atoms with E-state index in [-0.39, 0.29) is 24.7 Å². The van der Waals surface area contributed by atoms with Gasteiger partial charge in [0.1, 0.15) is 11.5 Å². The van der Waals surface area contributed by atoms with E-state index in [1.807, 2.05) is 0 Å². The molecule has 0 aliphatic heterocycles. The summed E-state index contributed by atoms with van der Waals surface area (Å²) in [5.41, 5.74) is -0.0661. The lowest BCUT2D eigenvalue weighted by molar-refractivity contribution is 0.135. The van der Waals surface area contributed by atoms with Gasteiger partial charge in [0, 0.05) is 18.2 Å². The molecule has 0 amide bonds. The number of hydrogen-bond donors (Lipinski definition) is 7. The average Bonchev–Trinajstić information content (AvgIpc) is 2.33. The second-order valence-corrected chi connectivity index (χ2v) is 6.06. The Labute approximate surface area is 128 Å². The molecule has 0 heterocycles. The summed E-state index contributed by atoms with van der Waals surface area (Å²) in [5, 5.41) is 40.5. The van der Waals surface area contributed by atoms with Crippen LogP contribution in [0.15, 0.2) is 18.2 Å². The van der Waals surface area contributed by atoms with Crippen LogP contribution in [0, 0.1) is 0 Å². The molecule has 1 aromatic carbocycles. The summed E-state index contributed by atoms with van der Waals surface area (Å²) in [5.74, 6) is -0.194. The van der Waals surface area contributed by atoms with Gasteiger partial charge in [0.05, 0.1) is 12.7 Å². The summed E-state index contributed by atoms with van der Waals surface area (Å²) in [4.78, 5) is 0. The molecule has 10 heteroatoms. The molecule has 0 aliphatic rings. The minimum absolute atomic E-state index is 0.0506. The molecule has 0 fully saturated rings. The predicted molar refractivity (Wildman–Crippen MR) is 78.1 cm³/mol. The molecule has 0 bridgehead atoms. The maximum Gasteiger partial charge on any atom is 0.394 e. The van der Waals surface area contributed by atoms with Crippen LogP contribution in [-0.4, -0.2) is 56.6 Å². The summed E-state index contributed by atoms with van der Waals surface area (Å²) in [6.45, 7) is 3.78. The number of nitrogens with one attached hydrogen (secondary N) is 1. The zero-order chi connectivity index (χ0) is 17.6. The number of phenols is 2. The fourth-order valence-electron chi connectivity index (χ4n) is 1.36. The van der Waals surface area contributed by atoms with E-state index in [0.29, 0.717) is 5.56 Å². The third kappa shape index (κ3) is 10.3. The molecule has 7 N–H and O–H groups in total. The van der Waals surface area contributed by atoms with Gasteiger partial charge in [0.15, 0.2) is 0 Å². The Balaban J connectivity index is 0.000000763. The van der Waals surface area contributed by atoms with Crippen molar-refractivity contribution < 1.29 is 37.9 Å². The molecule has 1 atom stereocenters. The van der Waals surface area contributed by atoms with Gasteiger partial charge in [-0.3, -0.25) is 9.11 Å². The van der Waals surface area contributed by atoms with E-state index in [2.05, 4.69) is 5.32 Å². The van der Waals surface area contributed by atoms with Crippen LogP contribution in [0.5, 0.6) is 11.5 Å². The third-order valence-corrected chi connectivity index (χ3v) is 2.48. The molecule has 0 aliphatic carbocycles. The largest absolute Gasteiger partial charge is 0.508 e. The highest BCUT2D eigenvalue weighted by molar-refractivity contribution is 7.79. The van der Waals surface area contributed by atoms with Gasteiger partial charge in [-0.15, -0.1) is 0 Å². The Kier molecular flexibility index (Phi) is 7.73. The Morgan fingerprint density at radius 2 is 1.55 bits per heavy atom. The smallest absolute Gasteiger partial charge is 0.394 e. The molecule has 1 rings (SSSR count). The van der Waals surface area contributed by atoms with E-state index in [4.69, 9.17) is 22.6 Å². The lowest BCUT2D eigenvalue weighted by Crippen LogP contribution is -2.44. The van der Waals surface area contributed by atoms with E-state index in [1.165, 1.54) is 18.2 Å². The van der Waals surface area contributed by atoms with Crippen molar-refractivity contribution >= 4 is 10.4 Å². The third-order valence-electron chi connectivity index (χ3n) is 2.48. The zero-order valence-electron chi connectivity index (χ0n) is 12.1. The average molecular weight is 339 g/mol. The fraction of sp³-hybridized carbons (Fsp3) is 0.500. The van der Waals surface area contributed by atoms with Crippen molar-refractivity contribution in [2.24, 2.45) is 0 Å². The van der Waals surface area contributed by atoms with Crippen LogP contribution < -0.4 is 5.32 Å². The molecular formula is C12H21NO8S. The second-order valence-electron chi connectivity index (χ2n) is 5.17. The Morgan fingerprint density at radius 3 is 1.91 bits per heavy atom. The van der Waals surface area contributed by atoms with Gasteiger partial charge in [-0.1, -0.05) is 0 Å². The summed E-state index contributed by atoms with van der Waals surface area (Å²) in [6.07, 6.45) is -0.862. The number of aliphatic hydroxyl groups excluding tert-OH is 2. The van der Waals surface area contributed by atoms with Gasteiger partial charge in [-0.2, -0.15) is 8.42 Å². The van der Waals surface area contributed by atoms with Crippen LogP contribution in [0.1, 0.15) is 25.5 Å². The highest BCUT2D eigenvalue weighted by Gasteiger charge is 2.18. The number of aromatic hydroxyl groups is 2. The highest BCUT2D eigenvalue weighted by atomic mass is 32.3. The number of β-amino-alcohol motifs (C(OH)–C–C–N with tert-alkyl or cyclic N) is 1. The second kappa shape index (κ2) is 8.27. The minimum Gasteiger partial charge on any atom is -0.508 e. The van der Waals surface area contributed by atoms with Crippen molar-refractivity contribution in [2.45, 2.75) is 25.5 Å². The molecule has 0 aromatic heterocycles. The molecule has 0 spiro atoms. The standard InChI is InChI=1S/C12H19NO4.H2O4S/c1-12(2,7-14)13-6-11(17)8-3-9(15)5-10(16)4-8;1-5(2,3)4/h3-5,11,13-17H,6-7H2,1-2H3;(H2,1,2,3,4). The maximum atomic E-state index is 9.86. The van der Waals surface area contributed by atoms with Crippen molar-refractivity contribution in [1.82, 2.24) is 5.32 Å². The number of rotatable bonds is 5. The topological polar surface area (TPSA) is 168 Å². The summed E-state index contributed by atoms with van der Waals surface area (Å²) in [6, 6.07) is 3.97. The zero-order valence-corrected chi connectivity index (χ0v) is 12.9. The van der Waals surface area contributed by atoms with Crippen LogP contribution in [0.3, 0.4) is 0 Å². The predicted octanol–water partition coefficient (Wildman–Crippen LogP) is -0.161. The first kappa shape index (κ1) is 20.6. The fourth-order valence-corrected chi connectivity index (χ4v) is 1.36. The van der Waals surface area contributed by atoms with E-state index < -0.39 is 22.0 Å². The highest BCUT2D eigenvalue weighted by Crippen LogP contribution is 2.24. The van der Waals surface area contributed by atoms with E-state index in [0.717, 1.165) is 0 Å². The molecule has 0 saturated carbocycles. The lowest BCUT2D eigenvalue weighted by atomic mass is 10.0. The molecule has 128 valence electrons. The van der Waals surface area contributed by atoms with Crippen molar-refractivity contribution in [3.63, 3.8) is 0 Å². The minimum atomic E-state index is -4.67. The van der Waals surface area contributed by atoms with E-state index in [9.17, 15) is 15.3 Å². The van der Waals surface area contributed by atoms with Crippen LogP contribution in [-0.2, 0) is 10.4 Å². The number of aliphatic hydroxyl groups is 2. The van der Waals surface area contributed by atoms with E-state index in [1.54, 1.807) is 13.8 Å². The Hall–Kier alpha value is -1.43. The molecule has 1 unspecified atom stereocenters. The molecular weight excluding hydrogens is 318 g/mol. The normalized spacial score (nSPS) is 13.2. The van der Waals surface area contributed by atoms with Crippen molar-refractivity contribution in [3.05, 3.63) is 23.8 Å². The van der Waals surface area contributed by atoms with Gasteiger partial charge in [-0.25, -0.2) is 0 Å². The van der Waals surface area contributed by atoms with Gasteiger partial charge < -0.3 is 25.7 Å². The first-order valence-corrected chi connectivity index (χ1v) is 7.50. The number of benzene rings is 1. The summed E-state index contributed by atoms with van der Waals surface area (Å²) >= 11 is 0. The Morgan fingerprint density at radius 1 is 1.14 bits per heavy atom. The first-order chi connectivity index (χ1) is 9.84. The Bertz CT molecular complexity index is 544. The van der Waals surface area contributed by atoms with Crippen molar-refractivity contribution in [3.8, 4) is 11.5 Å². The summed E-state index contributed by atoms with van der Waals surface area (Å²) in [7, 11) is -4.67. The SMILES string of the molecule is CC(C)(CO)NCC(O)c1cc(O)cc(O)c1.O=S(=O)(O)O. The van der Waals surface area contributed by atoms with Gasteiger partial charge in [0.25, 0.3) is 0 Å². The molecule has 0 saturated heterocycles. The lowest BCUT2D eigenvalue weighted by Gasteiger charge is -2.25. The molecule has 0 radical (unpaired) electrons. The summed E-state index contributed by atoms with van der Waals surface area (Å²) < 4.78 is 31.6. The van der Waals surface area contributed by atoms with Crippen molar-refractivity contribution in [1.29, 1.82) is 0 Å². The van der Waals surface area contributed by atoms with Gasteiger partial charge in [-0.05, 0) is 31.5 Å². The van der Waals surface area contributed by atoms with Crippen LogP contribution in [0.4, 0.5) is 0 Å². The molecule has 22 heavy (non-hydrogen) atoms. The van der Waals surface area contributed by atoms with Crippen LogP contribution >= 0.6 is 0 Å². The first-order valence-electron chi connectivity index (χ1n) is 6.11. The van der Waals surface area contributed by atoms with E-state index >= 15 is 0 Å². The maximum absolute atomic E-state index is 9.86. The van der Waals surface area contributed by atoms with Crippen molar-refractivity contribution in [2.75, 3.05) is 13.2 Å².